The maximum absolute atomic E-state index is 11.8. The molecule has 0 aliphatic heterocycles. The molecule has 0 unspecified atom stereocenters. The molecule has 124 valence electrons. The van der Waals surface area contributed by atoms with E-state index in [4.69, 9.17) is 14.9 Å². The summed E-state index contributed by atoms with van der Waals surface area (Å²) < 4.78 is 10.3. The van der Waals surface area contributed by atoms with Crippen LogP contribution < -0.4 is 11.4 Å². The summed E-state index contributed by atoms with van der Waals surface area (Å²) in [4.78, 5) is 16.1. The number of ether oxygens (including phenoxy) is 1. The lowest BCUT2D eigenvalue weighted by Gasteiger charge is -2.08. The predicted molar refractivity (Wildman–Crippen MR) is 99.7 cm³/mol. The van der Waals surface area contributed by atoms with E-state index in [-0.39, 0.29) is 5.63 Å². The lowest BCUT2D eigenvalue weighted by molar-refractivity contribution is 0.208. The molecular formula is C18H18N2O3S. The molecule has 0 bridgehead atoms. The van der Waals surface area contributed by atoms with Gasteiger partial charge in [-0.05, 0) is 22.4 Å². The average Bonchev–Trinajstić information content (AvgIpc) is 2.59. The van der Waals surface area contributed by atoms with Crippen molar-refractivity contribution < 1.29 is 9.15 Å². The molecule has 6 heteroatoms. The highest BCUT2D eigenvalue weighted by molar-refractivity contribution is 8.13. The Morgan fingerprint density at radius 1 is 1.29 bits per heavy atom. The van der Waals surface area contributed by atoms with Gasteiger partial charge in [0.2, 0.25) is 0 Å². The molecule has 3 aromatic rings. The minimum absolute atomic E-state index is 0.358. The first-order valence-electron chi connectivity index (χ1n) is 7.55. The zero-order valence-corrected chi connectivity index (χ0v) is 14.1. The van der Waals surface area contributed by atoms with Crippen LogP contribution in [0.4, 0.5) is 0 Å². The van der Waals surface area contributed by atoms with Crippen molar-refractivity contribution in [2.75, 3.05) is 20.3 Å². The van der Waals surface area contributed by atoms with Crippen molar-refractivity contribution in [1.29, 1.82) is 0 Å². The first kappa shape index (κ1) is 16.5. The van der Waals surface area contributed by atoms with Crippen molar-refractivity contribution in [2.24, 2.45) is 10.7 Å². The Morgan fingerprint density at radius 3 is 2.96 bits per heavy atom. The molecule has 0 atom stereocenters. The van der Waals surface area contributed by atoms with Crippen molar-refractivity contribution in [1.82, 2.24) is 0 Å². The van der Waals surface area contributed by atoms with E-state index in [0.717, 1.165) is 21.7 Å². The number of benzene rings is 2. The minimum Gasteiger partial charge on any atom is -0.423 e. The average molecular weight is 342 g/mol. The van der Waals surface area contributed by atoms with E-state index >= 15 is 0 Å². The second-order valence-electron chi connectivity index (χ2n) is 5.25. The highest BCUT2D eigenvalue weighted by Gasteiger charge is 2.10. The van der Waals surface area contributed by atoms with E-state index < -0.39 is 0 Å². The van der Waals surface area contributed by atoms with Crippen LogP contribution in [0.1, 0.15) is 5.56 Å². The lowest BCUT2D eigenvalue weighted by atomic mass is 10.0. The van der Waals surface area contributed by atoms with E-state index in [2.05, 4.69) is 4.99 Å². The summed E-state index contributed by atoms with van der Waals surface area (Å²) in [6.45, 7) is 1.06. The van der Waals surface area contributed by atoms with Gasteiger partial charge in [0.05, 0.1) is 13.2 Å². The summed E-state index contributed by atoms with van der Waals surface area (Å²) in [5.74, 6) is 0.554. The molecule has 0 amide bonds. The third kappa shape index (κ3) is 3.60. The number of methoxy groups -OCH3 is 1. The van der Waals surface area contributed by atoms with Crippen molar-refractivity contribution in [2.45, 2.75) is 5.75 Å². The number of rotatable bonds is 5. The molecular weight excluding hydrogens is 324 g/mol. The SMILES string of the molecule is COCCN=C(N)SCc1cc(=O)oc2ccc3ccccc3c12. The fourth-order valence-electron chi connectivity index (χ4n) is 2.58. The Balaban J connectivity index is 1.99. The maximum atomic E-state index is 11.8. The Morgan fingerprint density at radius 2 is 2.12 bits per heavy atom. The van der Waals surface area contributed by atoms with Crippen LogP contribution in [0.3, 0.4) is 0 Å². The van der Waals surface area contributed by atoms with Gasteiger partial charge in [0, 0.05) is 24.3 Å². The van der Waals surface area contributed by atoms with Crippen LogP contribution in [0.2, 0.25) is 0 Å². The van der Waals surface area contributed by atoms with Gasteiger partial charge in [-0.3, -0.25) is 4.99 Å². The van der Waals surface area contributed by atoms with Crippen LogP contribution >= 0.6 is 11.8 Å². The Kier molecular flexibility index (Phi) is 5.17. The maximum Gasteiger partial charge on any atom is 0.336 e. The fraction of sp³-hybridized carbons (Fsp3) is 0.222. The van der Waals surface area contributed by atoms with Gasteiger partial charge in [0.25, 0.3) is 0 Å². The number of nitrogens with two attached hydrogens (primary N) is 1. The monoisotopic (exact) mass is 342 g/mol. The highest BCUT2D eigenvalue weighted by Crippen LogP contribution is 2.29. The molecule has 1 aromatic heterocycles. The van der Waals surface area contributed by atoms with E-state index in [1.807, 2.05) is 36.4 Å². The summed E-state index contributed by atoms with van der Waals surface area (Å²) in [6, 6.07) is 13.4. The molecule has 0 saturated carbocycles. The van der Waals surface area contributed by atoms with Gasteiger partial charge >= 0.3 is 5.63 Å². The molecule has 3 rings (SSSR count). The van der Waals surface area contributed by atoms with Crippen LogP contribution in [-0.2, 0) is 10.5 Å². The molecule has 1 heterocycles. The van der Waals surface area contributed by atoms with Gasteiger partial charge in [0.15, 0.2) is 5.17 Å². The Bertz CT molecular complexity index is 950. The predicted octanol–water partition coefficient (Wildman–Crippen LogP) is 3.14. The van der Waals surface area contributed by atoms with Gasteiger partial charge in [-0.25, -0.2) is 4.79 Å². The topological polar surface area (TPSA) is 77.8 Å². The van der Waals surface area contributed by atoms with Crippen molar-refractivity contribution in [3.63, 3.8) is 0 Å². The molecule has 2 N–H and O–H groups in total. The Labute approximate surface area is 143 Å². The second kappa shape index (κ2) is 7.51. The van der Waals surface area contributed by atoms with Crippen LogP contribution in [0.5, 0.6) is 0 Å². The van der Waals surface area contributed by atoms with Crippen LogP contribution in [0.15, 0.2) is 56.7 Å². The first-order chi connectivity index (χ1) is 11.7. The van der Waals surface area contributed by atoms with Gasteiger partial charge in [-0.1, -0.05) is 42.1 Å². The lowest BCUT2D eigenvalue weighted by Crippen LogP contribution is -2.10. The fourth-order valence-corrected chi connectivity index (χ4v) is 3.29. The molecule has 0 fully saturated rings. The smallest absolute Gasteiger partial charge is 0.336 e. The Hall–Kier alpha value is -2.31. The number of hydrogen-bond donors (Lipinski definition) is 1. The van der Waals surface area contributed by atoms with E-state index in [0.29, 0.717) is 29.7 Å². The number of fused-ring (bicyclic) bond motifs is 3. The number of aliphatic imine (C=N–C) groups is 1. The third-order valence-electron chi connectivity index (χ3n) is 3.65. The van der Waals surface area contributed by atoms with E-state index in [1.165, 1.54) is 17.8 Å². The molecule has 24 heavy (non-hydrogen) atoms. The van der Waals surface area contributed by atoms with Crippen molar-refractivity contribution in [3.05, 3.63) is 58.4 Å². The molecule has 0 spiro atoms. The number of hydrogen-bond acceptors (Lipinski definition) is 5. The quantitative estimate of drug-likeness (QED) is 0.253. The first-order valence-corrected chi connectivity index (χ1v) is 8.54. The summed E-state index contributed by atoms with van der Waals surface area (Å²) in [5, 5.41) is 3.59. The summed E-state index contributed by atoms with van der Waals surface area (Å²) in [7, 11) is 1.62. The normalized spacial score (nSPS) is 12.1. The zero-order valence-electron chi connectivity index (χ0n) is 13.3. The zero-order chi connectivity index (χ0) is 16.9. The number of nitrogens with zero attached hydrogens (tertiary/aromatic N) is 1. The van der Waals surface area contributed by atoms with Gasteiger partial charge in [-0.2, -0.15) is 0 Å². The number of amidine groups is 1. The molecule has 2 aromatic carbocycles. The molecule has 0 radical (unpaired) electrons. The third-order valence-corrected chi connectivity index (χ3v) is 4.53. The molecule has 0 aliphatic rings. The van der Waals surface area contributed by atoms with E-state index in [1.54, 1.807) is 7.11 Å². The van der Waals surface area contributed by atoms with Gasteiger partial charge < -0.3 is 14.9 Å². The molecule has 0 aliphatic carbocycles. The van der Waals surface area contributed by atoms with Crippen LogP contribution in [0.25, 0.3) is 21.7 Å². The van der Waals surface area contributed by atoms with E-state index in [9.17, 15) is 4.79 Å². The summed E-state index contributed by atoms with van der Waals surface area (Å²) >= 11 is 1.40. The van der Waals surface area contributed by atoms with Crippen LogP contribution in [0, 0.1) is 0 Å². The van der Waals surface area contributed by atoms with Crippen molar-refractivity contribution in [3.8, 4) is 0 Å². The second-order valence-corrected chi connectivity index (χ2v) is 6.25. The molecule has 5 nitrogen and oxygen atoms in total. The summed E-state index contributed by atoms with van der Waals surface area (Å²) in [5.41, 5.74) is 7.04. The number of thioether (sulfide) groups is 1. The largest absolute Gasteiger partial charge is 0.423 e. The van der Waals surface area contributed by atoms with Gasteiger partial charge in [0.1, 0.15) is 5.58 Å². The minimum atomic E-state index is -0.358. The highest BCUT2D eigenvalue weighted by atomic mass is 32.2. The van der Waals surface area contributed by atoms with Gasteiger partial charge in [-0.15, -0.1) is 0 Å². The summed E-state index contributed by atoms with van der Waals surface area (Å²) in [6.07, 6.45) is 0. The standard InChI is InChI=1S/C18H18N2O3S/c1-22-9-8-20-18(19)24-11-13-10-16(21)23-15-7-6-12-4-2-3-5-14(12)17(13)15/h2-7,10H,8-9,11H2,1H3,(H2,19,20). The van der Waals surface area contributed by atoms with Crippen molar-refractivity contribution >= 4 is 38.7 Å². The molecule has 0 saturated heterocycles. The van der Waals surface area contributed by atoms with Crippen LogP contribution in [-0.4, -0.2) is 25.4 Å².